The Morgan fingerprint density at radius 2 is 1.71 bits per heavy atom. The number of nitrogens with one attached hydrogen (secondary N) is 3. The normalized spacial score (nSPS) is 24.0. The number of benzene rings is 1. The fraction of sp³-hybridized carbons (Fsp3) is 0.636. The maximum atomic E-state index is 12.4. The summed E-state index contributed by atoms with van der Waals surface area (Å²) in [7, 11) is -3.52. The molecule has 2 amide bonds. The molecule has 1 aliphatic carbocycles. The molecule has 1 aliphatic heterocycles. The largest absolute Gasteiger partial charge is 0.376 e. The first-order chi connectivity index (χ1) is 14.8. The van der Waals surface area contributed by atoms with Gasteiger partial charge < -0.3 is 15.4 Å². The van der Waals surface area contributed by atoms with E-state index < -0.39 is 10.0 Å². The summed E-state index contributed by atoms with van der Waals surface area (Å²) in [5.41, 5.74) is 1.01. The van der Waals surface area contributed by atoms with Crippen LogP contribution < -0.4 is 15.4 Å². The molecule has 1 atom stereocenters. The monoisotopic (exact) mass is 451 g/mol. The Hall–Kier alpha value is -1.97. The molecule has 0 bridgehead atoms. The first-order valence-corrected chi connectivity index (χ1v) is 12.5. The quantitative estimate of drug-likeness (QED) is 0.526. The lowest BCUT2D eigenvalue weighted by Crippen LogP contribution is -2.42. The molecular weight excluding hydrogens is 418 g/mol. The van der Waals surface area contributed by atoms with Gasteiger partial charge in [0.2, 0.25) is 21.8 Å². The van der Waals surface area contributed by atoms with Crippen molar-refractivity contribution < 1.29 is 22.7 Å². The SMILES string of the molecule is Cc1ccc(S(=O)(=O)NCC2CCC(C(=O)NCC(=O)NC[C@H]3CCCO3)CC2)cc1. The smallest absolute Gasteiger partial charge is 0.240 e. The number of aryl methyl sites for hydroxylation is 1. The van der Waals surface area contributed by atoms with Gasteiger partial charge in [-0.05, 0) is 63.5 Å². The van der Waals surface area contributed by atoms with Gasteiger partial charge in [0.15, 0.2) is 0 Å². The molecule has 0 aromatic heterocycles. The molecule has 0 radical (unpaired) electrons. The number of amides is 2. The van der Waals surface area contributed by atoms with Gasteiger partial charge in [-0.3, -0.25) is 9.59 Å². The van der Waals surface area contributed by atoms with Crippen LogP contribution in [0.3, 0.4) is 0 Å². The van der Waals surface area contributed by atoms with Crippen molar-refractivity contribution in [3.8, 4) is 0 Å². The van der Waals surface area contributed by atoms with Crippen molar-refractivity contribution in [2.75, 3.05) is 26.2 Å². The number of carbonyl (C=O) groups is 2. The molecule has 172 valence electrons. The minimum atomic E-state index is -3.52. The molecule has 3 N–H and O–H groups in total. The topological polar surface area (TPSA) is 114 Å². The van der Waals surface area contributed by atoms with Crippen LogP contribution in [0.2, 0.25) is 0 Å². The molecule has 1 heterocycles. The highest BCUT2D eigenvalue weighted by Crippen LogP contribution is 2.28. The van der Waals surface area contributed by atoms with E-state index in [2.05, 4.69) is 15.4 Å². The van der Waals surface area contributed by atoms with Gasteiger partial charge in [0.25, 0.3) is 0 Å². The van der Waals surface area contributed by atoms with E-state index in [1.165, 1.54) is 0 Å². The van der Waals surface area contributed by atoms with Gasteiger partial charge in [-0.15, -0.1) is 0 Å². The van der Waals surface area contributed by atoms with Crippen molar-refractivity contribution in [2.24, 2.45) is 11.8 Å². The Morgan fingerprint density at radius 1 is 1.00 bits per heavy atom. The van der Waals surface area contributed by atoms with Crippen LogP contribution in [-0.4, -0.2) is 52.6 Å². The van der Waals surface area contributed by atoms with E-state index in [9.17, 15) is 18.0 Å². The van der Waals surface area contributed by atoms with Crippen LogP contribution in [0.1, 0.15) is 44.1 Å². The van der Waals surface area contributed by atoms with Gasteiger partial charge in [-0.2, -0.15) is 0 Å². The fourth-order valence-corrected chi connectivity index (χ4v) is 5.18. The Balaban J connectivity index is 1.33. The predicted octanol–water partition coefficient (Wildman–Crippen LogP) is 1.49. The van der Waals surface area contributed by atoms with Crippen molar-refractivity contribution >= 4 is 21.8 Å². The van der Waals surface area contributed by atoms with E-state index in [1.807, 2.05) is 6.92 Å². The number of ether oxygens (including phenoxy) is 1. The molecule has 0 spiro atoms. The highest BCUT2D eigenvalue weighted by molar-refractivity contribution is 7.89. The Kier molecular flexibility index (Phi) is 8.45. The van der Waals surface area contributed by atoms with Gasteiger partial charge >= 0.3 is 0 Å². The zero-order valence-electron chi connectivity index (χ0n) is 18.1. The summed E-state index contributed by atoms with van der Waals surface area (Å²) >= 11 is 0. The molecular formula is C22H33N3O5S. The highest BCUT2D eigenvalue weighted by Gasteiger charge is 2.27. The van der Waals surface area contributed by atoms with Gasteiger partial charge in [-0.1, -0.05) is 17.7 Å². The van der Waals surface area contributed by atoms with Crippen LogP contribution in [0.4, 0.5) is 0 Å². The molecule has 1 saturated heterocycles. The molecule has 0 unspecified atom stereocenters. The lowest BCUT2D eigenvalue weighted by Gasteiger charge is -2.27. The Morgan fingerprint density at radius 3 is 2.35 bits per heavy atom. The second kappa shape index (κ2) is 11.1. The average molecular weight is 452 g/mol. The van der Waals surface area contributed by atoms with Crippen LogP contribution >= 0.6 is 0 Å². The number of hydrogen-bond donors (Lipinski definition) is 3. The molecule has 2 aliphatic rings. The molecule has 8 nitrogen and oxygen atoms in total. The summed E-state index contributed by atoms with van der Waals surface area (Å²) in [6.45, 7) is 3.49. The van der Waals surface area contributed by atoms with Crippen molar-refractivity contribution in [3.63, 3.8) is 0 Å². The molecule has 31 heavy (non-hydrogen) atoms. The van der Waals surface area contributed by atoms with Crippen LogP contribution in [0.5, 0.6) is 0 Å². The lowest BCUT2D eigenvalue weighted by molar-refractivity contribution is -0.129. The maximum absolute atomic E-state index is 12.4. The standard InChI is InChI=1S/C22H33N3O5S/c1-16-4-10-20(11-5-16)31(28,29)25-13-17-6-8-18(9-7-17)22(27)24-15-21(26)23-14-19-3-2-12-30-19/h4-5,10-11,17-19,25H,2-3,6-9,12-15H2,1H3,(H,23,26)(H,24,27)/t17?,18?,19-/m1/s1. The van der Waals surface area contributed by atoms with E-state index in [0.29, 0.717) is 25.9 Å². The summed E-state index contributed by atoms with van der Waals surface area (Å²) < 4.78 is 33.0. The molecule has 1 aromatic carbocycles. The van der Waals surface area contributed by atoms with E-state index >= 15 is 0 Å². The first kappa shape index (κ1) is 23.7. The van der Waals surface area contributed by atoms with E-state index in [-0.39, 0.29) is 41.2 Å². The number of hydrogen-bond acceptors (Lipinski definition) is 5. The summed E-state index contributed by atoms with van der Waals surface area (Å²) in [4.78, 5) is 24.5. The first-order valence-electron chi connectivity index (χ1n) is 11.1. The minimum Gasteiger partial charge on any atom is -0.376 e. The van der Waals surface area contributed by atoms with Crippen LogP contribution in [0, 0.1) is 18.8 Å². The van der Waals surface area contributed by atoms with Crippen LogP contribution in [0.15, 0.2) is 29.2 Å². The zero-order valence-corrected chi connectivity index (χ0v) is 18.9. The van der Waals surface area contributed by atoms with E-state index in [4.69, 9.17) is 4.74 Å². The number of sulfonamides is 1. The Bertz CT molecular complexity index is 842. The van der Waals surface area contributed by atoms with Crippen LogP contribution in [0.25, 0.3) is 0 Å². The third kappa shape index (κ3) is 7.29. The van der Waals surface area contributed by atoms with Crippen LogP contribution in [-0.2, 0) is 24.3 Å². The van der Waals surface area contributed by atoms with E-state index in [0.717, 1.165) is 37.9 Å². The van der Waals surface area contributed by atoms with Crippen molar-refractivity contribution in [3.05, 3.63) is 29.8 Å². The van der Waals surface area contributed by atoms with Crippen molar-refractivity contribution in [1.29, 1.82) is 0 Å². The van der Waals surface area contributed by atoms with Gasteiger partial charge in [0.05, 0.1) is 17.5 Å². The lowest BCUT2D eigenvalue weighted by atomic mass is 9.81. The molecule has 2 fully saturated rings. The Labute approximate surface area is 184 Å². The van der Waals surface area contributed by atoms with Gasteiger partial charge in [0.1, 0.15) is 0 Å². The third-order valence-electron chi connectivity index (χ3n) is 6.08. The summed E-state index contributed by atoms with van der Waals surface area (Å²) in [6.07, 6.45) is 5.00. The third-order valence-corrected chi connectivity index (χ3v) is 7.52. The predicted molar refractivity (Wildman–Crippen MR) is 117 cm³/mol. The van der Waals surface area contributed by atoms with Gasteiger partial charge in [-0.25, -0.2) is 13.1 Å². The summed E-state index contributed by atoms with van der Waals surface area (Å²) in [5.74, 6) is -0.232. The maximum Gasteiger partial charge on any atom is 0.240 e. The summed E-state index contributed by atoms with van der Waals surface area (Å²) in [6, 6.07) is 6.77. The van der Waals surface area contributed by atoms with E-state index in [1.54, 1.807) is 24.3 Å². The molecule has 9 heteroatoms. The van der Waals surface area contributed by atoms with Crippen molar-refractivity contribution in [1.82, 2.24) is 15.4 Å². The average Bonchev–Trinajstić information content (AvgIpc) is 3.29. The molecule has 3 rings (SSSR count). The fourth-order valence-electron chi connectivity index (χ4n) is 4.06. The second-order valence-corrected chi connectivity index (χ2v) is 10.3. The molecule has 1 aromatic rings. The number of rotatable bonds is 9. The summed E-state index contributed by atoms with van der Waals surface area (Å²) in [5, 5.41) is 5.51. The zero-order chi connectivity index (χ0) is 22.3. The van der Waals surface area contributed by atoms with Crippen molar-refractivity contribution in [2.45, 2.75) is 56.4 Å². The number of carbonyl (C=O) groups excluding carboxylic acids is 2. The second-order valence-electron chi connectivity index (χ2n) is 8.54. The highest BCUT2D eigenvalue weighted by atomic mass is 32.2. The minimum absolute atomic E-state index is 0.0260. The molecule has 1 saturated carbocycles. The van der Waals surface area contributed by atoms with Gasteiger partial charge in [0, 0.05) is 25.6 Å².